The topological polar surface area (TPSA) is 120 Å². The average molecular weight is 396 g/mol. The monoisotopic (exact) mass is 395 g/mol. The fourth-order valence-corrected chi connectivity index (χ4v) is 6.31. The maximum absolute atomic E-state index is 12.2. The highest BCUT2D eigenvalue weighted by atomic mass is 28.3. The molecule has 5 atom stereocenters. The van der Waals surface area contributed by atoms with Gasteiger partial charge in [-0.1, -0.05) is 0 Å². The standard InChI is InChI=1S/C18H29N3O5Si/c1-27(2)26-15(18-6-3-10(9-18)4-7-18)14-12(22)13(23)16(25-14)21-8-5-11(19)20-17(21)24/h5,8,10,12-16,22-23,27H,3-4,6-7,9H2,1-2H3,(H2,19,20,24). The van der Waals surface area contributed by atoms with Gasteiger partial charge in [0.25, 0.3) is 0 Å². The first kappa shape index (κ1) is 19.1. The van der Waals surface area contributed by atoms with Gasteiger partial charge in [-0.25, -0.2) is 4.79 Å². The van der Waals surface area contributed by atoms with Crippen molar-refractivity contribution < 1.29 is 19.4 Å². The minimum atomic E-state index is -1.41. The Balaban J connectivity index is 1.64. The molecular weight excluding hydrogens is 366 g/mol. The van der Waals surface area contributed by atoms with Gasteiger partial charge in [0.05, 0.1) is 6.10 Å². The molecule has 1 saturated heterocycles. The highest BCUT2D eigenvalue weighted by Crippen LogP contribution is 2.58. The number of nitrogens with zero attached hydrogens (tertiary/aromatic N) is 2. The fraction of sp³-hybridized carbons (Fsp3) is 0.778. The van der Waals surface area contributed by atoms with Crippen molar-refractivity contribution in [2.24, 2.45) is 11.3 Å². The summed E-state index contributed by atoms with van der Waals surface area (Å²) in [6.07, 6.45) is 2.78. The van der Waals surface area contributed by atoms with E-state index in [0.717, 1.165) is 25.2 Å². The molecule has 0 amide bonds. The summed E-state index contributed by atoms with van der Waals surface area (Å²) < 4.78 is 13.7. The largest absolute Gasteiger partial charge is 0.414 e. The molecule has 4 rings (SSSR count). The van der Waals surface area contributed by atoms with E-state index in [4.69, 9.17) is 14.9 Å². The third kappa shape index (κ3) is 3.25. The van der Waals surface area contributed by atoms with E-state index in [1.165, 1.54) is 29.7 Å². The Hall–Kier alpha value is -1.26. The molecule has 0 aromatic carbocycles. The fourth-order valence-electron chi connectivity index (χ4n) is 5.28. The Morgan fingerprint density at radius 1 is 1.37 bits per heavy atom. The summed E-state index contributed by atoms with van der Waals surface area (Å²) in [5.41, 5.74) is 4.95. The molecule has 0 spiro atoms. The lowest BCUT2D eigenvalue weighted by Gasteiger charge is -2.41. The number of aliphatic hydroxyl groups is 2. The van der Waals surface area contributed by atoms with Crippen LogP contribution in [0.25, 0.3) is 0 Å². The summed E-state index contributed by atoms with van der Waals surface area (Å²) in [6.45, 7) is 4.21. The van der Waals surface area contributed by atoms with E-state index in [-0.39, 0.29) is 17.3 Å². The lowest BCUT2D eigenvalue weighted by molar-refractivity contribution is -0.117. The zero-order valence-electron chi connectivity index (χ0n) is 15.8. The molecule has 1 aromatic rings. The minimum absolute atomic E-state index is 0.00647. The Kier molecular flexibility index (Phi) is 4.92. The Morgan fingerprint density at radius 3 is 2.63 bits per heavy atom. The van der Waals surface area contributed by atoms with Gasteiger partial charge < -0.3 is 25.1 Å². The summed E-state index contributed by atoms with van der Waals surface area (Å²) in [4.78, 5) is 15.9. The molecule has 5 unspecified atom stereocenters. The second kappa shape index (κ2) is 6.96. The number of hydrogen-bond acceptors (Lipinski definition) is 7. The maximum Gasteiger partial charge on any atom is 0.351 e. The average Bonchev–Trinajstić information content (AvgIpc) is 3.29. The van der Waals surface area contributed by atoms with Crippen molar-refractivity contribution in [1.29, 1.82) is 0 Å². The van der Waals surface area contributed by atoms with Gasteiger partial charge in [-0.05, 0) is 62.6 Å². The van der Waals surface area contributed by atoms with E-state index in [0.29, 0.717) is 0 Å². The highest BCUT2D eigenvalue weighted by molar-refractivity contribution is 6.48. The third-order valence-electron chi connectivity index (χ3n) is 6.52. The Labute approximate surface area is 160 Å². The number of aliphatic hydroxyl groups excluding tert-OH is 2. The predicted molar refractivity (Wildman–Crippen MR) is 102 cm³/mol. The van der Waals surface area contributed by atoms with Gasteiger partial charge in [-0.15, -0.1) is 0 Å². The summed E-state index contributed by atoms with van der Waals surface area (Å²) in [6, 6.07) is 1.48. The summed E-state index contributed by atoms with van der Waals surface area (Å²) in [7, 11) is -1.41. The molecule has 150 valence electrons. The number of hydrogen-bond donors (Lipinski definition) is 3. The third-order valence-corrected chi connectivity index (χ3v) is 7.36. The second-order valence-electron chi connectivity index (χ2n) is 8.63. The molecule has 27 heavy (non-hydrogen) atoms. The normalized spacial score (nSPS) is 39.4. The van der Waals surface area contributed by atoms with Crippen LogP contribution >= 0.6 is 0 Å². The van der Waals surface area contributed by atoms with Gasteiger partial charge in [0, 0.05) is 6.20 Å². The van der Waals surface area contributed by atoms with E-state index < -0.39 is 39.3 Å². The molecule has 2 heterocycles. The molecule has 2 bridgehead atoms. The first-order chi connectivity index (χ1) is 12.8. The molecular formula is C18H29N3O5Si. The molecule has 2 aliphatic carbocycles. The molecule has 1 aliphatic heterocycles. The van der Waals surface area contributed by atoms with Gasteiger partial charge in [-0.3, -0.25) is 4.57 Å². The first-order valence-electron chi connectivity index (χ1n) is 9.82. The van der Waals surface area contributed by atoms with Crippen molar-refractivity contribution in [2.75, 3.05) is 5.73 Å². The summed E-state index contributed by atoms with van der Waals surface area (Å²) in [5, 5.41) is 21.4. The SMILES string of the molecule is C[SiH](C)OC(C1OC(n2ccc(N)nc2=O)C(O)C1O)C12CCC(CC1)C2. The van der Waals surface area contributed by atoms with Crippen LogP contribution in [-0.2, 0) is 9.16 Å². The lowest BCUT2D eigenvalue weighted by atomic mass is 9.76. The van der Waals surface area contributed by atoms with Crippen LogP contribution in [0.15, 0.2) is 17.1 Å². The second-order valence-corrected chi connectivity index (χ2v) is 11.0. The molecule has 8 nitrogen and oxygen atoms in total. The van der Waals surface area contributed by atoms with Crippen LogP contribution in [-0.4, -0.2) is 53.2 Å². The van der Waals surface area contributed by atoms with Crippen LogP contribution in [0.5, 0.6) is 0 Å². The smallest absolute Gasteiger partial charge is 0.351 e. The number of fused-ring (bicyclic) bond motifs is 2. The Bertz CT molecular complexity index is 749. The van der Waals surface area contributed by atoms with Gasteiger partial charge in [0.1, 0.15) is 24.1 Å². The molecule has 2 saturated carbocycles. The zero-order valence-corrected chi connectivity index (χ0v) is 17.0. The van der Waals surface area contributed by atoms with Crippen molar-refractivity contribution in [3.63, 3.8) is 0 Å². The van der Waals surface area contributed by atoms with Crippen molar-refractivity contribution in [1.82, 2.24) is 9.55 Å². The highest BCUT2D eigenvalue weighted by Gasteiger charge is 2.58. The van der Waals surface area contributed by atoms with Gasteiger partial charge in [-0.2, -0.15) is 4.98 Å². The number of anilines is 1. The Morgan fingerprint density at radius 2 is 2.07 bits per heavy atom. The summed E-state index contributed by atoms with van der Waals surface area (Å²) >= 11 is 0. The van der Waals surface area contributed by atoms with Gasteiger partial charge in [0.15, 0.2) is 15.3 Å². The lowest BCUT2D eigenvalue weighted by Crippen LogP contribution is -2.50. The minimum Gasteiger partial charge on any atom is -0.414 e. The number of nitrogens with two attached hydrogens (primary N) is 1. The number of aromatic nitrogens is 2. The van der Waals surface area contributed by atoms with E-state index >= 15 is 0 Å². The van der Waals surface area contributed by atoms with Gasteiger partial charge >= 0.3 is 5.69 Å². The van der Waals surface area contributed by atoms with Crippen molar-refractivity contribution in [3.8, 4) is 0 Å². The van der Waals surface area contributed by atoms with Crippen molar-refractivity contribution in [2.45, 2.75) is 75.8 Å². The van der Waals surface area contributed by atoms with Crippen molar-refractivity contribution >= 4 is 14.9 Å². The predicted octanol–water partition coefficient (Wildman–Crippen LogP) is 0.394. The van der Waals surface area contributed by atoms with E-state index in [9.17, 15) is 15.0 Å². The molecule has 4 N–H and O–H groups in total. The molecule has 3 fully saturated rings. The quantitative estimate of drug-likeness (QED) is 0.617. The first-order valence-corrected chi connectivity index (χ1v) is 12.6. The van der Waals surface area contributed by atoms with Crippen LogP contribution < -0.4 is 11.4 Å². The van der Waals surface area contributed by atoms with Crippen LogP contribution in [0.2, 0.25) is 13.1 Å². The van der Waals surface area contributed by atoms with Crippen LogP contribution in [0.1, 0.15) is 38.3 Å². The number of ether oxygens (including phenoxy) is 1. The zero-order chi connectivity index (χ0) is 19.3. The number of nitrogen functional groups attached to an aromatic ring is 1. The van der Waals surface area contributed by atoms with E-state index in [1.807, 2.05) is 0 Å². The maximum atomic E-state index is 12.2. The molecule has 9 heteroatoms. The van der Waals surface area contributed by atoms with Gasteiger partial charge in [0.2, 0.25) is 0 Å². The molecule has 0 radical (unpaired) electrons. The van der Waals surface area contributed by atoms with Crippen molar-refractivity contribution in [3.05, 3.63) is 22.7 Å². The molecule has 3 aliphatic rings. The van der Waals surface area contributed by atoms with Crippen LogP contribution in [0.3, 0.4) is 0 Å². The number of rotatable bonds is 5. The van der Waals surface area contributed by atoms with Crippen LogP contribution in [0.4, 0.5) is 5.82 Å². The van der Waals surface area contributed by atoms with E-state index in [1.54, 1.807) is 0 Å². The molecule has 1 aromatic heterocycles. The summed E-state index contributed by atoms with van der Waals surface area (Å²) in [5.74, 6) is 0.836. The van der Waals surface area contributed by atoms with Crippen LogP contribution in [0, 0.1) is 11.3 Å². The van der Waals surface area contributed by atoms with E-state index in [2.05, 4.69) is 18.1 Å².